The van der Waals surface area contributed by atoms with Crippen LogP contribution in [-0.4, -0.2) is 41.4 Å². The van der Waals surface area contributed by atoms with E-state index in [4.69, 9.17) is 5.73 Å². The number of hydrogen-bond donors (Lipinski definition) is 2. The standard InChI is InChI=1S/C15H22N4O3/c16-11-12-5-3-4-10-18(12)15(20)8-9-17-13-6-1-2-7-14(13)19(21)22/h1-2,6-7,12,17H,3-5,8-11,16H2. The lowest BCUT2D eigenvalue weighted by atomic mass is 10.0. The number of likely N-dealkylation sites (tertiary alicyclic amines) is 1. The topological polar surface area (TPSA) is 102 Å². The molecule has 1 aliphatic rings. The molecule has 1 aromatic carbocycles. The van der Waals surface area contributed by atoms with Gasteiger partial charge in [-0.15, -0.1) is 0 Å². The molecule has 0 bridgehead atoms. The fourth-order valence-corrected chi connectivity index (χ4v) is 2.80. The van der Waals surface area contributed by atoms with Crippen LogP contribution in [0.5, 0.6) is 0 Å². The van der Waals surface area contributed by atoms with Crippen LogP contribution in [0.15, 0.2) is 24.3 Å². The van der Waals surface area contributed by atoms with Crippen molar-refractivity contribution in [2.75, 3.05) is 25.0 Å². The van der Waals surface area contributed by atoms with Crippen LogP contribution in [0, 0.1) is 10.1 Å². The molecule has 7 nitrogen and oxygen atoms in total. The molecule has 7 heteroatoms. The van der Waals surface area contributed by atoms with Crippen molar-refractivity contribution < 1.29 is 9.72 Å². The van der Waals surface area contributed by atoms with Crippen LogP contribution in [-0.2, 0) is 4.79 Å². The van der Waals surface area contributed by atoms with E-state index in [1.807, 2.05) is 4.90 Å². The summed E-state index contributed by atoms with van der Waals surface area (Å²) >= 11 is 0. The first-order chi connectivity index (χ1) is 10.6. The van der Waals surface area contributed by atoms with E-state index in [0.717, 1.165) is 25.8 Å². The van der Waals surface area contributed by atoms with Gasteiger partial charge >= 0.3 is 0 Å². The van der Waals surface area contributed by atoms with Gasteiger partial charge in [0.05, 0.1) is 4.92 Å². The number of anilines is 1. The van der Waals surface area contributed by atoms with Crippen LogP contribution >= 0.6 is 0 Å². The number of benzene rings is 1. The molecular formula is C15H22N4O3. The minimum absolute atomic E-state index is 0.0211. The van der Waals surface area contributed by atoms with Gasteiger partial charge < -0.3 is 16.0 Å². The van der Waals surface area contributed by atoms with Crippen LogP contribution < -0.4 is 11.1 Å². The second-order valence-electron chi connectivity index (χ2n) is 5.42. The quantitative estimate of drug-likeness (QED) is 0.615. The third-order valence-corrected chi connectivity index (χ3v) is 3.97. The van der Waals surface area contributed by atoms with Gasteiger partial charge in [-0.2, -0.15) is 0 Å². The van der Waals surface area contributed by atoms with Gasteiger partial charge in [0.1, 0.15) is 5.69 Å². The van der Waals surface area contributed by atoms with E-state index < -0.39 is 4.92 Å². The lowest BCUT2D eigenvalue weighted by Crippen LogP contribution is -2.47. The Balaban J connectivity index is 1.88. The molecule has 1 fully saturated rings. The molecule has 3 N–H and O–H groups in total. The lowest BCUT2D eigenvalue weighted by molar-refractivity contribution is -0.384. The second kappa shape index (κ2) is 7.74. The van der Waals surface area contributed by atoms with Crippen LogP contribution in [0.1, 0.15) is 25.7 Å². The van der Waals surface area contributed by atoms with Crippen LogP contribution in [0.3, 0.4) is 0 Å². The molecule has 0 saturated carbocycles. The van der Waals surface area contributed by atoms with Crippen LogP contribution in [0.4, 0.5) is 11.4 Å². The van der Waals surface area contributed by atoms with Crippen LogP contribution in [0.25, 0.3) is 0 Å². The summed E-state index contributed by atoms with van der Waals surface area (Å²) in [5.41, 5.74) is 6.18. The van der Waals surface area contributed by atoms with E-state index in [9.17, 15) is 14.9 Å². The summed E-state index contributed by atoms with van der Waals surface area (Å²) in [6.07, 6.45) is 3.39. The second-order valence-corrected chi connectivity index (χ2v) is 5.42. The van der Waals surface area contributed by atoms with Gasteiger partial charge in [-0.3, -0.25) is 14.9 Å². The summed E-state index contributed by atoms with van der Waals surface area (Å²) in [6.45, 7) is 1.62. The summed E-state index contributed by atoms with van der Waals surface area (Å²) in [6, 6.07) is 6.57. The van der Waals surface area contributed by atoms with Gasteiger partial charge in [-0.05, 0) is 25.3 Å². The third-order valence-electron chi connectivity index (χ3n) is 3.97. The first kappa shape index (κ1) is 16.2. The Hall–Kier alpha value is -2.15. The molecule has 0 aromatic heterocycles. The maximum atomic E-state index is 12.3. The fourth-order valence-electron chi connectivity index (χ4n) is 2.80. The molecular weight excluding hydrogens is 284 g/mol. The van der Waals surface area contributed by atoms with Crippen molar-refractivity contribution in [1.29, 1.82) is 0 Å². The molecule has 1 heterocycles. The average molecular weight is 306 g/mol. The Bertz CT molecular complexity index is 535. The van der Waals surface area contributed by atoms with Gasteiger partial charge in [0.15, 0.2) is 0 Å². The van der Waals surface area contributed by atoms with Crippen molar-refractivity contribution in [3.63, 3.8) is 0 Å². The van der Waals surface area contributed by atoms with E-state index in [-0.39, 0.29) is 17.6 Å². The van der Waals surface area contributed by atoms with Gasteiger partial charge in [-0.1, -0.05) is 12.1 Å². The Kier molecular flexibility index (Phi) is 5.71. The molecule has 120 valence electrons. The number of carbonyl (C=O) groups is 1. The van der Waals surface area contributed by atoms with Crippen molar-refractivity contribution in [1.82, 2.24) is 4.90 Å². The molecule has 1 aromatic rings. The number of nitro groups is 1. The third kappa shape index (κ3) is 3.94. The van der Waals surface area contributed by atoms with E-state index in [2.05, 4.69) is 5.32 Å². The predicted molar refractivity (Wildman–Crippen MR) is 84.6 cm³/mol. The first-order valence-electron chi connectivity index (χ1n) is 7.60. The minimum atomic E-state index is -0.431. The molecule has 1 saturated heterocycles. The van der Waals surface area contributed by atoms with Crippen LogP contribution in [0.2, 0.25) is 0 Å². The molecule has 1 atom stereocenters. The number of nitro benzene ring substituents is 1. The molecule has 1 aliphatic heterocycles. The number of nitrogens with two attached hydrogens (primary N) is 1. The number of para-hydroxylation sites is 2. The highest BCUT2D eigenvalue weighted by atomic mass is 16.6. The van der Waals surface area contributed by atoms with E-state index in [1.54, 1.807) is 18.2 Å². The van der Waals surface area contributed by atoms with Crippen molar-refractivity contribution in [3.05, 3.63) is 34.4 Å². The highest BCUT2D eigenvalue weighted by Gasteiger charge is 2.25. The Morgan fingerprint density at radius 2 is 2.18 bits per heavy atom. The molecule has 0 radical (unpaired) electrons. The Labute approximate surface area is 129 Å². The molecule has 0 spiro atoms. The number of amides is 1. The number of rotatable bonds is 6. The zero-order valence-corrected chi connectivity index (χ0v) is 12.5. The summed E-state index contributed by atoms with van der Waals surface area (Å²) < 4.78 is 0. The SMILES string of the molecule is NCC1CCCCN1C(=O)CCNc1ccccc1[N+](=O)[O-]. The number of hydrogen-bond acceptors (Lipinski definition) is 5. The smallest absolute Gasteiger partial charge is 0.292 e. The molecule has 2 rings (SSSR count). The monoisotopic (exact) mass is 306 g/mol. The minimum Gasteiger partial charge on any atom is -0.379 e. The van der Waals surface area contributed by atoms with Crippen molar-refractivity contribution >= 4 is 17.3 Å². The van der Waals surface area contributed by atoms with Gasteiger partial charge in [0, 0.05) is 38.2 Å². The zero-order valence-electron chi connectivity index (χ0n) is 12.5. The van der Waals surface area contributed by atoms with Crippen molar-refractivity contribution in [3.8, 4) is 0 Å². The maximum absolute atomic E-state index is 12.3. The Morgan fingerprint density at radius 1 is 1.41 bits per heavy atom. The van der Waals surface area contributed by atoms with Crippen molar-refractivity contribution in [2.24, 2.45) is 5.73 Å². The normalized spacial score (nSPS) is 18.0. The number of piperidine rings is 1. The maximum Gasteiger partial charge on any atom is 0.292 e. The highest BCUT2D eigenvalue weighted by Crippen LogP contribution is 2.23. The van der Waals surface area contributed by atoms with Gasteiger partial charge in [0.25, 0.3) is 5.69 Å². The molecule has 1 unspecified atom stereocenters. The van der Waals surface area contributed by atoms with Crippen molar-refractivity contribution in [2.45, 2.75) is 31.7 Å². The predicted octanol–water partition coefficient (Wildman–Crippen LogP) is 1.74. The summed E-state index contributed by atoms with van der Waals surface area (Å²) in [5, 5.41) is 13.9. The van der Waals surface area contributed by atoms with E-state index in [0.29, 0.717) is 25.2 Å². The average Bonchev–Trinajstić information content (AvgIpc) is 2.55. The molecule has 1 amide bonds. The number of nitrogens with zero attached hydrogens (tertiary/aromatic N) is 2. The van der Waals surface area contributed by atoms with E-state index in [1.165, 1.54) is 6.07 Å². The van der Waals surface area contributed by atoms with Gasteiger partial charge in [0.2, 0.25) is 5.91 Å². The summed E-state index contributed by atoms with van der Waals surface area (Å²) in [5.74, 6) is 0.0567. The van der Waals surface area contributed by atoms with Gasteiger partial charge in [-0.25, -0.2) is 0 Å². The first-order valence-corrected chi connectivity index (χ1v) is 7.60. The lowest BCUT2D eigenvalue weighted by Gasteiger charge is -2.35. The zero-order chi connectivity index (χ0) is 15.9. The Morgan fingerprint density at radius 3 is 2.91 bits per heavy atom. The largest absolute Gasteiger partial charge is 0.379 e. The summed E-state index contributed by atoms with van der Waals surface area (Å²) in [7, 11) is 0. The molecule has 0 aliphatic carbocycles. The highest BCUT2D eigenvalue weighted by molar-refractivity contribution is 5.77. The molecule has 22 heavy (non-hydrogen) atoms. The van der Waals surface area contributed by atoms with E-state index >= 15 is 0 Å². The number of nitrogens with one attached hydrogen (secondary N) is 1. The summed E-state index contributed by atoms with van der Waals surface area (Å²) in [4.78, 5) is 24.6. The number of carbonyl (C=O) groups excluding carboxylic acids is 1. The fraction of sp³-hybridized carbons (Fsp3) is 0.533.